The molecule has 1 N–H and O–H groups in total. The van der Waals surface area contributed by atoms with Gasteiger partial charge in [-0.1, -0.05) is 12.8 Å². The molecule has 2 saturated heterocycles. The summed E-state index contributed by atoms with van der Waals surface area (Å²) in [6.45, 7) is 6.90. The number of nitrogens with one attached hydrogen (secondary N) is 1. The minimum absolute atomic E-state index is 0.275. The van der Waals surface area contributed by atoms with E-state index in [9.17, 15) is 0 Å². The molecular weight excluding hydrogens is 212 g/mol. The van der Waals surface area contributed by atoms with Crippen molar-refractivity contribution in [2.75, 3.05) is 26.2 Å². The molecule has 2 aliphatic heterocycles. The summed E-state index contributed by atoms with van der Waals surface area (Å²) >= 11 is 0. The van der Waals surface area contributed by atoms with Crippen LogP contribution in [-0.4, -0.2) is 48.8 Å². The van der Waals surface area contributed by atoms with Crippen molar-refractivity contribution in [3.05, 3.63) is 0 Å². The first-order valence-electron chi connectivity index (χ1n) is 7.39. The third-order valence-corrected chi connectivity index (χ3v) is 4.90. The van der Waals surface area contributed by atoms with Gasteiger partial charge in [0.15, 0.2) is 0 Å². The Balaban J connectivity index is 1.62. The summed E-state index contributed by atoms with van der Waals surface area (Å²) in [7, 11) is 0. The molecule has 2 heterocycles. The molecule has 0 bridgehead atoms. The molecule has 3 aliphatic rings. The average molecular weight is 238 g/mol. The van der Waals surface area contributed by atoms with Gasteiger partial charge in [-0.15, -0.1) is 0 Å². The number of nitrogens with zero attached hydrogens (tertiary/aromatic N) is 1. The van der Waals surface area contributed by atoms with E-state index in [1.165, 1.54) is 51.6 Å². The fraction of sp³-hybridized carbons (Fsp3) is 1.00. The zero-order valence-electron chi connectivity index (χ0n) is 11.1. The summed E-state index contributed by atoms with van der Waals surface area (Å²) in [6, 6.07) is 1.44. The maximum atomic E-state index is 6.13. The SMILES string of the molecule is CC1CN(C2CCOC3(CCCC3)C2)CCN1. The van der Waals surface area contributed by atoms with Crippen molar-refractivity contribution in [2.45, 2.75) is 63.1 Å². The molecule has 0 amide bonds. The van der Waals surface area contributed by atoms with Crippen molar-refractivity contribution in [3.8, 4) is 0 Å². The van der Waals surface area contributed by atoms with E-state index in [0.29, 0.717) is 6.04 Å². The van der Waals surface area contributed by atoms with Crippen LogP contribution in [0.3, 0.4) is 0 Å². The Morgan fingerprint density at radius 1 is 1.29 bits per heavy atom. The second kappa shape index (κ2) is 4.87. The van der Waals surface area contributed by atoms with Gasteiger partial charge in [0.2, 0.25) is 0 Å². The predicted octanol–water partition coefficient (Wildman–Crippen LogP) is 1.77. The maximum absolute atomic E-state index is 6.13. The highest BCUT2D eigenvalue weighted by Gasteiger charge is 2.41. The highest BCUT2D eigenvalue weighted by Crippen LogP contribution is 2.41. The monoisotopic (exact) mass is 238 g/mol. The second-order valence-electron chi connectivity index (χ2n) is 6.24. The lowest BCUT2D eigenvalue weighted by Crippen LogP contribution is -2.56. The normalized spacial score (nSPS) is 38.6. The molecular formula is C14H26N2O. The fourth-order valence-electron chi connectivity index (χ4n) is 3.98. The Hall–Kier alpha value is -0.120. The van der Waals surface area contributed by atoms with Crippen molar-refractivity contribution in [1.82, 2.24) is 10.2 Å². The van der Waals surface area contributed by atoms with E-state index in [1.54, 1.807) is 0 Å². The molecule has 3 nitrogen and oxygen atoms in total. The van der Waals surface area contributed by atoms with Crippen LogP contribution in [0.25, 0.3) is 0 Å². The number of hydrogen-bond donors (Lipinski definition) is 1. The Labute approximate surface area is 105 Å². The van der Waals surface area contributed by atoms with E-state index in [1.807, 2.05) is 0 Å². The van der Waals surface area contributed by atoms with Crippen molar-refractivity contribution in [3.63, 3.8) is 0 Å². The molecule has 1 saturated carbocycles. The molecule has 1 spiro atoms. The lowest BCUT2D eigenvalue weighted by molar-refractivity contribution is -0.104. The molecule has 3 rings (SSSR count). The summed E-state index contributed by atoms with van der Waals surface area (Å²) in [6.07, 6.45) is 7.92. The Kier molecular flexibility index (Phi) is 3.42. The first-order valence-corrected chi connectivity index (χ1v) is 7.39. The third kappa shape index (κ3) is 2.51. The predicted molar refractivity (Wildman–Crippen MR) is 69.2 cm³/mol. The van der Waals surface area contributed by atoms with Gasteiger partial charge in [-0.05, 0) is 32.6 Å². The minimum Gasteiger partial charge on any atom is -0.375 e. The van der Waals surface area contributed by atoms with Gasteiger partial charge in [-0.3, -0.25) is 4.90 Å². The summed E-state index contributed by atoms with van der Waals surface area (Å²) in [5.41, 5.74) is 0.275. The van der Waals surface area contributed by atoms with Crippen LogP contribution < -0.4 is 5.32 Å². The summed E-state index contributed by atoms with van der Waals surface area (Å²) < 4.78 is 6.13. The summed E-state index contributed by atoms with van der Waals surface area (Å²) in [4.78, 5) is 2.71. The lowest BCUT2D eigenvalue weighted by atomic mass is 9.87. The average Bonchev–Trinajstić information content (AvgIpc) is 2.77. The van der Waals surface area contributed by atoms with Crippen LogP contribution in [0.1, 0.15) is 45.4 Å². The zero-order valence-corrected chi connectivity index (χ0v) is 11.1. The molecule has 3 fully saturated rings. The van der Waals surface area contributed by atoms with Crippen molar-refractivity contribution < 1.29 is 4.74 Å². The highest BCUT2D eigenvalue weighted by atomic mass is 16.5. The summed E-state index contributed by atoms with van der Waals surface area (Å²) in [5, 5.41) is 3.54. The molecule has 3 heteroatoms. The van der Waals surface area contributed by atoms with E-state index < -0.39 is 0 Å². The molecule has 0 aromatic carbocycles. The quantitative estimate of drug-likeness (QED) is 0.753. The molecule has 0 aromatic heterocycles. The van der Waals surface area contributed by atoms with Gasteiger partial charge < -0.3 is 10.1 Å². The largest absolute Gasteiger partial charge is 0.375 e. The van der Waals surface area contributed by atoms with Crippen LogP contribution in [0, 0.1) is 0 Å². The molecule has 98 valence electrons. The van der Waals surface area contributed by atoms with E-state index in [2.05, 4.69) is 17.1 Å². The van der Waals surface area contributed by atoms with E-state index in [-0.39, 0.29) is 5.60 Å². The minimum atomic E-state index is 0.275. The van der Waals surface area contributed by atoms with Gasteiger partial charge in [0.25, 0.3) is 0 Å². The van der Waals surface area contributed by atoms with Crippen molar-refractivity contribution in [1.29, 1.82) is 0 Å². The standard InChI is InChI=1S/C14H26N2O/c1-12-11-16(8-7-15-12)13-4-9-17-14(10-13)5-2-3-6-14/h12-13,15H,2-11H2,1H3. The van der Waals surface area contributed by atoms with E-state index >= 15 is 0 Å². The Morgan fingerprint density at radius 2 is 2.12 bits per heavy atom. The van der Waals surface area contributed by atoms with Crippen LogP contribution in [0.5, 0.6) is 0 Å². The topological polar surface area (TPSA) is 24.5 Å². The molecule has 2 unspecified atom stereocenters. The van der Waals surface area contributed by atoms with Gasteiger partial charge >= 0.3 is 0 Å². The Bertz CT molecular complexity index is 263. The van der Waals surface area contributed by atoms with Gasteiger partial charge in [0.1, 0.15) is 0 Å². The number of piperazine rings is 1. The third-order valence-electron chi connectivity index (χ3n) is 4.90. The van der Waals surface area contributed by atoms with Crippen molar-refractivity contribution >= 4 is 0 Å². The molecule has 1 aliphatic carbocycles. The molecule has 2 atom stereocenters. The zero-order chi connectivity index (χ0) is 11.7. The highest BCUT2D eigenvalue weighted by molar-refractivity contribution is 4.95. The van der Waals surface area contributed by atoms with Crippen LogP contribution in [0.2, 0.25) is 0 Å². The van der Waals surface area contributed by atoms with E-state index in [4.69, 9.17) is 4.74 Å². The lowest BCUT2D eigenvalue weighted by Gasteiger charge is -2.45. The van der Waals surface area contributed by atoms with Gasteiger partial charge in [-0.2, -0.15) is 0 Å². The van der Waals surface area contributed by atoms with Crippen molar-refractivity contribution in [2.24, 2.45) is 0 Å². The Morgan fingerprint density at radius 3 is 2.88 bits per heavy atom. The van der Waals surface area contributed by atoms with Crippen LogP contribution in [0.4, 0.5) is 0 Å². The first-order chi connectivity index (χ1) is 8.27. The van der Waals surface area contributed by atoms with Crippen LogP contribution >= 0.6 is 0 Å². The fourth-order valence-corrected chi connectivity index (χ4v) is 3.98. The molecule has 0 radical (unpaired) electrons. The maximum Gasteiger partial charge on any atom is 0.0697 e. The molecule has 0 aromatic rings. The number of hydrogen-bond acceptors (Lipinski definition) is 3. The molecule has 17 heavy (non-hydrogen) atoms. The van der Waals surface area contributed by atoms with E-state index in [0.717, 1.165) is 19.2 Å². The van der Waals surface area contributed by atoms with Gasteiger partial charge in [-0.25, -0.2) is 0 Å². The van der Waals surface area contributed by atoms with Crippen LogP contribution in [-0.2, 0) is 4.74 Å². The number of ether oxygens (including phenoxy) is 1. The number of rotatable bonds is 1. The first kappa shape index (κ1) is 11.9. The van der Waals surface area contributed by atoms with Gasteiger partial charge in [0.05, 0.1) is 5.60 Å². The second-order valence-corrected chi connectivity index (χ2v) is 6.24. The summed E-state index contributed by atoms with van der Waals surface area (Å²) in [5.74, 6) is 0. The smallest absolute Gasteiger partial charge is 0.0697 e. The van der Waals surface area contributed by atoms with Gasteiger partial charge in [0, 0.05) is 38.3 Å². The van der Waals surface area contributed by atoms with Crippen LogP contribution in [0.15, 0.2) is 0 Å².